The Morgan fingerprint density at radius 1 is 0.652 bits per heavy atom. The van der Waals surface area contributed by atoms with E-state index in [9.17, 15) is 5.11 Å². The van der Waals surface area contributed by atoms with Crippen molar-refractivity contribution in [3.63, 3.8) is 0 Å². The molecule has 0 fully saturated rings. The number of hydrogen-bond donors (Lipinski definition) is 1. The molecule has 114 valence electrons. The van der Waals surface area contributed by atoms with Crippen LogP contribution in [0.4, 0.5) is 0 Å². The summed E-state index contributed by atoms with van der Waals surface area (Å²) in [5, 5.41) is 13.7. The van der Waals surface area contributed by atoms with Crippen molar-refractivity contribution < 1.29 is 5.11 Å². The highest BCUT2D eigenvalue weighted by atomic mass is 31.2. The first-order valence-corrected chi connectivity index (χ1v) is 9.39. The zero-order valence-electron chi connectivity index (χ0n) is 13.1. The first kappa shape index (κ1) is 15.4. The molecule has 0 saturated carbocycles. The van der Waals surface area contributed by atoms with E-state index in [1.807, 2.05) is 54.6 Å². The van der Waals surface area contributed by atoms with Crippen LogP contribution in [-0.2, 0) is 0 Å². The van der Waals surface area contributed by atoms with Crippen molar-refractivity contribution in [3.8, 4) is 0 Å². The van der Waals surface area contributed by atoms with Gasteiger partial charge in [-0.3, -0.25) is 0 Å². The molecule has 0 aliphatic heterocycles. The number of allylic oxidation sites excluding steroid dienone is 1. The summed E-state index contributed by atoms with van der Waals surface area (Å²) < 4.78 is 0. The van der Waals surface area contributed by atoms with Gasteiger partial charge in [0.2, 0.25) is 0 Å². The Balaban J connectivity index is 2.50. The van der Waals surface area contributed by atoms with Crippen LogP contribution in [0.1, 0.15) is 6.92 Å². The van der Waals surface area contributed by atoms with E-state index >= 15 is 0 Å². The molecule has 0 aliphatic carbocycles. The van der Waals surface area contributed by atoms with E-state index in [0.29, 0.717) is 0 Å². The molecule has 0 aromatic heterocycles. The molecule has 0 unspecified atom stereocenters. The molecule has 0 aliphatic rings. The Morgan fingerprint density at radius 3 is 1.22 bits per heavy atom. The minimum Gasteiger partial charge on any atom is -0.505 e. The van der Waals surface area contributed by atoms with Crippen molar-refractivity contribution in [1.29, 1.82) is 0 Å². The van der Waals surface area contributed by atoms with Crippen LogP contribution in [0.5, 0.6) is 0 Å². The first-order chi connectivity index (χ1) is 11.2. The largest absolute Gasteiger partial charge is 0.505 e. The lowest BCUT2D eigenvalue weighted by molar-refractivity contribution is 0.424. The van der Waals surface area contributed by atoms with Crippen LogP contribution in [0.25, 0.3) is 0 Å². The van der Waals surface area contributed by atoms with Crippen molar-refractivity contribution in [3.05, 3.63) is 96.8 Å². The summed E-state index contributed by atoms with van der Waals surface area (Å²) in [5.74, 6) is 0.231. The molecule has 3 aromatic rings. The van der Waals surface area contributed by atoms with Gasteiger partial charge in [0.05, 0.1) is 0 Å². The van der Waals surface area contributed by atoms with Crippen LogP contribution in [0.2, 0.25) is 0 Å². The third kappa shape index (κ3) is 3.03. The zero-order chi connectivity index (χ0) is 16.1. The monoisotopic (exact) mass is 318 g/mol. The number of rotatable bonds is 3. The second-order valence-electron chi connectivity index (χ2n) is 5.37. The Kier molecular flexibility index (Phi) is 4.53. The van der Waals surface area contributed by atoms with E-state index in [2.05, 4.69) is 41.8 Å². The lowest BCUT2D eigenvalue weighted by Crippen LogP contribution is -2.26. The number of aliphatic hydroxyl groups is 1. The van der Waals surface area contributed by atoms with Crippen LogP contribution in [0, 0.1) is 0 Å². The second kappa shape index (κ2) is 6.75. The predicted octanol–water partition coefficient (Wildman–Crippen LogP) is 3.84. The van der Waals surface area contributed by atoms with Gasteiger partial charge in [0.15, 0.2) is 0 Å². The van der Waals surface area contributed by atoms with E-state index in [4.69, 9.17) is 0 Å². The van der Waals surface area contributed by atoms with Crippen molar-refractivity contribution in [1.82, 2.24) is 0 Å². The van der Waals surface area contributed by atoms with Crippen molar-refractivity contribution in [2.45, 2.75) is 6.92 Å². The summed E-state index contributed by atoms with van der Waals surface area (Å²) in [6.07, 6.45) is 0. The summed E-state index contributed by atoms with van der Waals surface area (Å²) in [7, 11) is 0. The van der Waals surface area contributed by atoms with E-state index < -0.39 is 6.89 Å². The summed E-state index contributed by atoms with van der Waals surface area (Å²) in [5.41, 5.74) is 3.43. The molecule has 0 amide bonds. The van der Waals surface area contributed by atoms with Crippen LogP contribution < -0.4 is 15.9 Å². The van der Waals surface area contributed by atoms with Gasteiger partial charge >= 0.3 is 0 Å². The highest BCUT2D eigenvalue weighted by Crippen LogP contribution is 2.42. The smallest absolute Gasteiger partial charge is 0.132 e. The molecule has 1 nitrogen and oxygen atoms in total. The summed E-state index contributed by atoms with van der Waals surface area (Å²) in [6.45, 7) is -0.448. The molecule has 0 heterocycles. The van der Waals surface area contributed by atoms with Crippen LogP contribution >= 0.6 is 6.89 Å². The van der Waals surface area contributed by atoms with Gasteiger partial charge in [-0.25, -0.2) is 0 Å². The lowest BCUT2D eigenvalue weighted by Gasteiger charge is -2.25. The molecule has 0 saturated heterocycles. The Hall–Kier alpha value is -2.46. The fourth-order valence-corrected chi connectivity index (χ4v) is 6.46. The fourth-order valence-electron chi connectivity index (χ4n) is 2.84. The van der Waals surface area contributed by atoms with Gasteiger partial charge in [0.1, 0.15) is 5.76 Å². The van der Waals surface area contributed by atoms with Gasteiger partial charge in [-0.2, -0.15) is 0 Å². The Labute approximate surface area is 137 Å². The van der Waals surface area contributed by atoms with Crippen molar-refractivity contribution >= 4 is 28.3 Å². The van der Waals surface area contributed by atoms with Crippen LogP contribution in [-0.4, -0.2) is 10.6 Å². The molecule has 23 heavy (non-hydrogen) atoms. The second-order valence-corrected chi connectivity index (χ2v) is 8.49. The minimum atomic E-state index is -2.15. The molecule has 0 spiro atoms. The molecule has 2 heteroatoms. The summed E-state index contributed by atoms with van der Waals surface area (Å²) in [4.78, 5) is 0. The molecule has 0 atom stereocenters. The predicted molar refractivity (Wildman–Crippen MR) is 102 cm³/mol. The van der Waals surface area contributed by atoms with Crippen LogP contribution in [0.15, 0.2) is 96.8 Å². The number of aliphatic hydroxyl groups excluding tert-OH is 1. The minimum absolute atomic E-state index is 0.231. The van der Waals surface area contributed by atoms with Gasteiger partial charge in [0, 0.05) is 13.8 Å². The lowest BCUT2D eigenvalue weighted by atomic mass is 10.4. The molecular weight excluding hydrogens is 299 g/mol. The maximum absolute atomic E-state index is 10.1. The summed E-state index contributed by atoms with van der Waals surface area (Å²) in [6, 6.07) is 31.1. The van der Waals surface area contributed by atoms with E-state index in [-0.39, 0.29) is 5.76 Å². The molecular formula is C21H19OP. The maximum Gasteiger partial charge on any atom is 0.132 e. The molecule has 3 aromatic carbocycles. The van der Waals surface area contributed by atoms with Gasteiger partial charge in [-0.15, -0.1) is 0 Å². The zero-order valence-corrected chi connectivity index (χ0v) is 13.9. The SMILES string of the molecule is CC(O)=C=P(c1ccccc1)(c1ccccc1)c1ccccc1. The van der Waals surface area contributed by atoms with E-state index in [1.165, 1.54) is 15.9 Å². The van der Waals surface area contributed by atoms with Gasteiger partial charge in [0.25, 0.3) is 0 Å². The van der Waals surface area contributed by atoms with Crippen LogP contribution in [0.3, 0.4) is 0 Å². The average molecular weight is 318 g/mol. The quantitative estimate of drug-likeness (QED) is 0.574. The molecule has 0 bridgehead atoms. The number of benzene rings is 3. The van der Waals surface area contributed by atoms with Crippen molar-refractivity contribution in [2.24, 2.45) is 0 Å². The Bertz CT molecular complexity index is 754. The third-order valence-electron chi connectivity index (χ3n) is 3.76. The highest BCUT2D eigenvalue weighted by molar-refractivity contribution is 7.94. The topological polar surface area (TPSA) is 20.2 Å². The molecule has 1 N–H and O–H groups in total. The molecule has 3 rings (SSSR count). The third-order valence-corrected chi connectivity index (χ3v) is 7.64. The van der Waals surface area contributed by atoms with E-state index in [0.717, 1.165) is 0 Å². The first-order valence-electron chi connectivity index (χ1n) is 7.60. The standard InChI is InChI=1S/C21H19OP/c1-18(22)17-23(19-11-5-2-6-12-19,20-13-7-3-8-14-20)21-15-9-4-10-16-21/h2-16,22H,1H3. The normalized spacial score (nSPS) is 10.8. The van der Waals surface area contributed by atoms with Crippen molar-refractivity contribution in [2.75, 3.05) is 0 Å². The number of hydrogen-bond acceptors (Lipinski definition) is 1. The van der Waals surface area contributed by atoms with E-state index in [1.54, 1.807) is 6.92 Å². The molecule has 0 radical (unpaired) electrons. The highest BCUT2D eigenvalue weighted by Gasteiger charge is 2.24. The van der Waals surface area contributed by atoms with Gasteiger partial charge in [-0.1, -0.05) is 96.4 Å². The van der Waals surface area contributed by atoms with Gasteiger partial charge < -0.3 is 5.11 Å². The Morgan fingerprint density at radius 2 is 0.957 bits per heavy atom. The fraction of sp³-hybridized carbons (Fsp3) is 0.0476. The maximum atomic E-state index is 10.1. The average Bonchev–Trinajstić information content (AvgIpc) is 2.62. The summed E-state index contributed by atoms with van der Waals surface area (Å²) >= 11 is 0. The van der Waals surface area contributed by atoms with Gasteiger partial charge in [-0.05, 0) is 15.9 Å².